The van der Waals surface area contributed by atoms with Gasteiger partial charge in [0.15, 0.2) is 0 Å². The predicted octanol–water partition coefficient (Wildman–Crippen LogP) is 2.02. The number of nitrogens with zero attached hydrogens (tertiary/aromatic N) is 1. The lowest BCUT2D eigenvalue weighted by molar-refractivity contribution is -0.117. The molecule has 3 rings (SSSR count). The Bertz CT molecular complexity index is 483. The third-order valence-corrected chi connectivity index (χ3v) is 4.23. The first-order valence-corrected chi connectivity index (χ1v) is 6.77. The molecule has 2 aliphatic heterocycles. The number of anilines is 1. The van der Waals surface area contributed by atoms with Gasteiger partial charge in [-0.2, -0.15) is 0 Å². The van der Waals surface area contributed by atoms with E-state index in [0.29, 0.717) is 24.3 Å². The summed E-state index contributed by atoms with van der Waals surface area (Å²) < 4.78 is 0. The topological polar surface area (TPSA) is 32.3 Å². The Balaban J connectivity index is 1.99. The van der Waals surface area contributed by atoms with Crippen LogP contribution in [0.2, 0.25) is 0 Å². The molecular formula is C15H20N2O. The molecule has 1 aromatic rings. The summed E-state index contributed by atoms with van der Waals surface area (Å²) in [6, 6.07) is 6.78. The highest BCUT2D eigenvalue weighted by Gasteiger charge is 2.41. The van der Waals surface area contributed by atoms with E-state index in [4.69, 9.17) is 0 Å². The van der Waals surface area contributed by atoms with Crippen LogP contribution in [-0.2, 0) is 4.79 Å². The second-order valence-corrected chi connectivity index (χ2v) is 5.58. The van der Waals surface area contributed by atoms with E-state index >= 15 is 0 Å². The molecule has 2 fully saturated rings. The van der Waals surface area contributed by atoms with E-state index in [0.717, 1.165) is 25.2 Å². The molecule has 0 saturated carbocycles. The second kappa shape index (κ2) is 4.39. The number of hydrogen-bond donors (Lipinski definition) is 1. The lowest BCUT2D eigenvalue weighted by atomic mass is 9.94. The maximum atomic E-state index is 12.3. The molecule has 0 bridgehead atoms. The van der Waals surface area contributed by atoms with Gasteiger partial charge < -0.3 is 10.2 Å². The van der Waals surface area contributed by atoms with Crippen molar-refractivity contribution >= 4 is 11.6 Å². The van der Waals surface area contributed by atoms with Gasteiger partial charge in [-0.25, -0.2) is 0 Å². The first-order valence-electron chi connectivity index (χ1n) is 6.77. The third-order valence-electron chi connectivity index (χ3n) is 4.23. The van der Waals surface area contributed by atoms with Gasteiger partial charge in [-0.15, -0.1) is 0 Å². The quantitative estimate of drug-likeness (QED) is 0.819. The van der Waals surface area contributed by atoms with Gasteiger partial charge in [-0.05, 0) is 44.0 Å². The number of benzene rings is 1. The summed E-state index contributed by atoms with van der Waals surface area (Å²) in [6.45, 7) is 6.19. The van der Waals surface area contributed by atoms with Crippen LogP contribution in [0.25, 0.3) is 0 Å². The van der Waals surface area contributed by atoms with E-state index in [1.807, 2.05) is 0 Å². The van der Waals surface area contributed by atoms with Crippen molar-refractivity contribution in [1.82, 2.24) is 5.32 Å². The molecule has 2 atom stereocenters. The van der Waals surface area contributed by atoms with E-state index < -0.39 is 0 Å². The highest BCUT2D eigenvalue weighted by Crippen LogP contribution is 2.35. The average molecular weight is 244 g/mol. The highest BCUT2D eigenvalue weighted by atomic mass is 16.2. The molecule has 3 heteroatoms. The van der Waals surface area contributed by atoms with Crippen molar-refractivity contribution in [2.75, 3.05) is 18.0 Å². The number of nitrogens with one attached hydrogen (secondary N) is 1. The maximum Gasteiger partial charge on any atom is 0.227 e. The molecule has 2 heterocycles. The molecule has 1 N–H and O–H groups in total. The average Bonchev–Trinajstić information content (AvgIpc) is 2.68. The number of fused-ring (bicyclic) bond motifs is 1. The van der Waals surface area contributed by atoms with E-state index in [1.165, 1.54) is 11.1 Å². The standard InChI is InChI=1S/C15H20N2O/c1-10-3-4-11(2)14(7-10)17-13-5-6-16-9-12(13)8-15(17)18/h3-4,7,12-13,16H,5-6,8-9H2,1-2H3. The Morgan fingerprint density at radius 1 is 1.33 bits per heavy atom. The van der Waals surface area contributed by atoms with Crippen molar-refractivity contribution in [2.45, 2.75) is 32.7 Å². The molecule has 96 valence electrons. The van der Waals surface area contributed by atoms with E-state index in [2.05, 4.69) is 42.3 Å². The van der Waals surface area contributed by atoms with Gasteiger partial charge in [-0.1, -0.05) is 12.1 Å². The van der Waals surface area contributed by atoms with Crippen molar-refractivity contribution in [3.8, 4) is 0 Å². The van der Waals surface area contributed by atoms with Crippen LogP contribution in [0.15, 0.2) is 18.2 Å². The summed E-state index contributed by atoms with van der Waals surface area (Å²) in [6.07, 6.45) is 1.77. The fourth-order valence-corrected chi connectivity index (χ4v) is 3.26. The number of carbonyl (C=O) groups is 1. The smallest absolute Gasteiger partial charge is 0.227 e. The fourth-order valence-electron chi connectivity index (χ4n) is 3.26. The number of carbonyl (C=O) groups excluding carboxylic acids is 1. The van der Waals surface area contributed by atoms with Gasteiger partial charge in [-0.3, -0.25) is 4.79 Å². The van der Waals surface area contributed by atoms with Gasteiger partial charge in [0.2, 0.25) is 5.91 Å². The van der Waals surface area contributed by atoms with Gasteiger partial charge in [0.25, 0.3) is 0 Å². The van der Waals surface area contributed by atoms with Gasteiger partial charge >= 0.3 is 0 Å². The van der Waals surface area contributed by atoms with Gasteiger partial charge in [0.1, 0.15) is 0 Å². The Morgan fingerprint density at radius 3 is 3.00 bits per heavy atom. The lowest BCUT2D eigenvalue weighted by Crippen LogP contribution is -2.44. The molecule has 1 aromatic carbocycles. The molecule has 0 spiro atoms. The van der Waals surface area contributed by atoms with E-state index in [-0.39, 0.29) is 0 Å². The SMILES string of the molecule is Cc1ccc(C)c(N2C(=O)CC3CNCCC32)c1. The van der Waals surface area contributed by atoms with Crippen molar-refractivity contribution in [3.05, 3.63) is 29.3 Å². The number of aryl methyl sites for hydroxylation is 2. The van der Waals surface area contributed by atoms with Crippen molar-refractivity contribution in [3.63, 3.8) is 0 Å². The van der Waals surface area contributed by atoms with E-state index in [9.17, 15) is 4.79 Å². The monoisotopic (exact) mass is 244 g/mol. The lowest BCUT2D eigenvalue weighted by Gasteiger charge is -2.33. The molecule has 0 aromatic heterocycles. The fraction of sp³-hybridized carbons (Fsp3) is 0.533. The van der Waals surface area contributed by atoms with Crippen molar-refractivity contribution < 1.29 is 4.79 Å². The zero-order valence-corrected chi connectivity index (χ0v) is 11.1. The highest BCUT2D eigenvalue weighted by molar-refractivity contribution is 5.97. The number of amides is 1. The van der Waals surface area contributed by atoms with Crippen molar-refractivity contribution in [2.24, 2.45) is 5.92 Å². The molecule has 1 amide bonds. The minimum absolute atomic E-state index is 0.294. The summed E-state index contributed by atoms with van der Waals surface area (Å²) in [5, 5.41) is 3.40. The van der Waals surface area contributed by atoms with Crippen LogP contribution < -0.4 is 10.2 Å². The zero-order valence-electron chi connectivity index (χ0n) is 11.1. The minimum Gasteiger partial charge on any atom is -0.316 e. The van der Waals surface area contributed by atoms with E-state index in [1.54, 1.807) is 0 Å². The molecule has 0 radical (unpaired) electrons. The number of rotatable bonds is 1. The van der Waals surface area contributed by atoms with Crippen LogP contribution >= 0.6 is 0 Å². The first-order chi connectivity index (χ1) is 8.66. The summed E-state index contributed by atoms with van der Waals surface area (Å²) in [4.78, 5) is 14.4. The van der Waals surface area contributed by atoms with Gasteiger partial charge in [0, 0.05) is 30.6 Å². The normalized spacial score (nSPS) is 27.4. The second-order valence-electron chi connectivity index (χ2n) is 5.58. The molecule has 2 aliphatic rings. The molecule has 2 unspecified atom stereocenters. The third kappa shape index (κ3) is 1.83. The Labute approximate surface area is 108 Å². The first kappa shape index (κ1) is 11.7. The summed E-state index contributed by atoms with van der Waals surface area (Å²) in [5.41, 5.74) is 3.54. The predicted molar refractivity (Wildman–Crippen MR) is 72.8 cm³/mol. The number of piperidine rings is 1. The molecule has 3 nitrogen and oxygen atoms in total. The van der Waals surface area contributed by atoms with Crippen LogP contribution in [0.1, 0.15) is 24.0 Å². The van der Waals surface area contributed by atoms with Crippen LogP contribution in [0.3, 0.4) is 0 Å². The molecule has 18 heavy (non-hydrogen) atoms. The van der Waals surface area contributed by atoms with Crippen LogP contribution in [0.5, 0.6) is 0 Å². The summed E-state index contributed by atoms with van der Waals surface area (Å²) >= 11 is 0. The summed E-state index contributed by atoms with van der Waals surface area (Å²) in [7, 11) is 0. The minimum atomic E-state index is 0.294. The summed E-state index contributed by atoms with van der Waals surface area (Å²) in [5.74, 6) is 0.786. The van der Waals surface area contributed by atoms with Crippen LogP contribution in [0.4, 0.5) is 5.69 Å². The molecule has 0 aliphatic carbocycles. The maximum absolute atomic E-state index is 12.3. The Morgan fingerprint density at radius 2 is 2.17 bits per heavy atom. The zero-order chi connectivity index (χ0) is 12.7. The Kier molecular flexibility index (Phi) is 2.86. The van der Waals surface area contributed by atoms with Gasteiger partial charge in [0.05, 0.1) is 0 Å². The Hall–Kier alpha value is -1.35. The van der Waals surface area contributed by atoms with Crippen molar-refractivity contribution in [1.29, 1.82) is 0 Å². The number of hydrogen-bond acceptors (Lipinski definition) is 2. The van der Waals surface area contributed by atoms with Crippen LogP contribution in [-0.4, -0.2) is 25.0 Å². The molecule has 2 saturated heterocycles. The molecular weight excluding hydrogens is 224 g/mol. The van der Waals surface area contributed by atoms with Crippen LogP contribution in [0, 0.1) is 19.8 Å². The largest absolute Gasteiger partial charge is 0.316 e.